The number of carboxylic acids is 1. The number of hydrogen-bond acceptors (Lipinski definition) is 17. The Morgan fingerprint density at radius 2 is 1.38 bits per heavy atom. The van der Waals surface area contributed by atoms with E-state index in [4.69, 9.17) is 26.1 Å². The monoisotopic (exact) mass is 1360 g/mol. The van der Waals surface area contributed by atoms with Crippen LogP contribution in [0.25, 0.3) is 11.1 Å². The van der Waals surface area contributed by atoms with Crippen LogP contribution in [0.4, 0.5) is 8.78 Å². The SMILES string of the molecule is [2H]N(C(=O)Cc1ccncc1)[C@@H](C)C(=O)N[C@@H](CCC)C(=O)N[C@@H](CC(N)=O)C(=O)NCCCN(C(=O)CSC[C@H](NC(=O)CCOCCOCCOCCOCCNC(=O)CN1C(=O)C=CC1=O)C(=O)O)[C@@H](c1cc(-c2cc(F)ccc2F)cn1Cc1ccccc1)C(C)(C)C. The van der Waals surface area contributed by atoms with E-state index in [2.05, 4.69) is 31.6 Å². The van der Waals surface area contributed by atoms with E-state index >= 15 is 4.39 Å². The summed E-state index contributed by atoms with van der Waals surface area (Å²) in [4.78, 5) is 148. The predicted molar refractivity (Wildman–Crippen MR) is 349 cm³/mol. The minimum Gasteiger partial charge on any atom is -0.480 e. The number of primary amides is 1. The van der Waals surface area contributed by atoms with Crippen LogP contribution in [0.5, 0.6) is 0 Å². The highest BCUT2D eigenvalue weighted by Gasteiger charge is 2.38. The first-order valence-electron chi connectivity index (χ1n) is 31.8. The molecule has 5 rings (SSSR count). The zero-order valence-electron chi connectivity index (χ0n) is 55.5. The molecule has 10 amide bonds. The fourth-order valence-electron chi connectivity index (χ4n) is 9.89. The highest BCUT2D eigenvalue weighted by molar-refractivity contribution is 8.00. The van der Waals surface area contributed by atoms with Crippen molar-refractivity contribution in [3.05, 3.63) is 126 Å². The molecule has 9 N–H and O–H groups in total. The molecule has 0 aliphatic carbocycles. The Hall–Kier alpha value is -8.97. The van der Waals surface area contributed by atoms with E-state index in [0.717, 1.165) is 52.6 Å². The Kier molecular flexibility index (Phi) is 32.0. The minimum absolute atomic E-state index is 0.0359. The number of aromatic nitrogens is 2. The highest BCUT2D eigenvalue weighted by atomic mass is 32.2. The molecule has 3 heterocycles. The van der Waals surface area contributed by atoms with Gasteiger partial charge in [-0.15, -0.1) is 11.8 Å². The van der Waals surface area contributed by atoms with E-state index in [9.17, 15) is 62.2 Å². The molecule has 1 aliphatic rings. The number of nitrogens with zero attached hydrogens (tertiary/aromatic N) is 4. The molecule has 2 aromatic heterocycles. The van der Waals surface area contributed by atoms with E-state index in [0.29, 0.717) is 28.6 Å². The molecular weight excluding hydrogens is 1270 g/mol. The van der Waals surface area contributed by atoms with Gasteiger partial charge in [0.15, 0.2) is 1.41 Å². The Balaban J connectivity index is 1.19. The number of thioether (sulfide) groups is 1. The van der Waals surface area contributed by atoms with Crippen molar-refractivity contribution in [2.24, 2.45) is 11.1 Å². The van der Waals surface area contributed by atoms with Gasteiger partial charge in [-0.25, -0.2) is 13.6 Å². The number of rotatable bonds is 44. The first kappa shape index (κ1) is 76.1. The van der Waals surface area contributed by atoms with Gasteiger partial charge in [-0.1, -0.05) is 64.4 Å². The fourth-order valence-corrected chi connectivity index (χ4v) is 10.8. The molecule has 1 aliphatic heterocycles. The van der Waals surface area contributed by atoms with Crippen LogP contribution in [0.2, 0.25) is 1.41 Å². The number of carbonyl (C=O) groups is 11. The van der Waals surface area contributed by atoms with Crippen LogP contribution in [0.15, 0.2) is 97.5 Å². The number of amides is 10. The van der Waals surface area contributed by atoms with Crippen LogP contribution in [-0.2, 0) is 84.7 Å². The number of halogens is 2. The summed E-state index contributed by atoms with van der Waals surface area (Å²) in [5, 5.41) is 23.5. The van der Waals surface area contributed by atoms with Crippen LogP contribution >= 0.6 is 11.8 Å². The van der Waals surface area contributed by atoms with Gasteiger partial charge in [0.25, 0.3) is 11.8 Å². The summed E-state index contributed by atoms with van der Waals surface area (Å²) in [6.45, 7) is 9.79. The van der Waals surface area contributed by atoms with Gasteiger partial charge in [0, 0.05) is 85.9 Å². The topological polar surface area (TPSA) is 367 Å². The molecule has 5 atom stereocenters. The van der Waals surface area contributed by atoms with Gasteiger partial charge in [0.1, 0.15) is 42.3 Å². The van der Waals surface area contributed by atoms with E-state index in [1.165, 1.54) is 19.3 Å². The van der Waals surface area contributed by atoms with Crippen molar-refractivity contribution in [2.75, 3.05) is 90.5 Å². The minimum atomic E-state index is -1.54. The normalized spacial score (nSPS) is 13.8. The number of imide groups is 1. The zero-order valence-corrected chi connectivity index (χ0v) is 55.3. The number of ether oxygens (including phenoxy) is 4. The third-order valence-corrected chi connectivity index (χ3v) is 15.6. The zero-order chi connectivity index (χ0) is 71.0. The van der Waals surface area contributed by atoms with Gasteiger partial charge in [-0.3, -0.25) is 57.8 Å². The van der Waals surface area contributed by atoms with E-state index in [-0.39, 0.29) is 128 Å². The maximum Gasteiger partial charge on any atom is 0.327 e. The second-order valence-corrected chi connectivity index (χ2v) is 24.4. The lowest BCUT2D eigenvalue weighted by atomic mass is 9.83. The molecule has 96 heavy (non-hydrogen) atoms. The van der Waals surface area contributed by atoms with E-state index in [1.54, 1.807) is 36.2 Å². The van der Waals surface area contributed by atoms with Crippen LogP contribution in [0.1, 0.15) is 89.6 Å². The van der Waals surface area contributed by atoms with Crippen molar-refractivity contribution in [2.45, 2.75) is 110 Å². The third-order valence-electron chi connectivity index (χ3n) is 14.5. The second-order valence-electron chi connectivity index (χ2n) is 23.3. The van der Waals surface area contributed by atoms with Crippen molar-refractivity contribution < 1.29 is 87.0 Å². The smallest absolute Gasteiger partial charge is 0.327 e. The molecule has 522 valence electrons. The molecule has 0 spiro atoms. The molecule has 0 bridgehead atoms. The molecule has 0 fully saturated rings. The molecular formula is C66H87F2N11O16S. The number of carbonyl (C=O) groups excluding carboxylic acids is 10. The number of aliphatic carboxylic acids is 1. The Labute approximate surface area is 561 Å². The van der Waals surface area contributed by atoms with Gasteiger partial charge in [-0.2, -0.15) is 0 Å². The standard InChI is InChI=1S/C66H87F2N11O16S/c1-6-11-50(75-62(87)43(2)73-56(82)34-44-18-22-70-23-19-44)64(89)76-51(37-54(69)80)63(88)72-21-10-25-78(61(66(3,4)5)53-35-46(48-36-47(67)14-15-49(48)68)39-77(53)38-45-12-8-7-9-13-45)60(86)42-96-41-52(65(90)91)74-55(81)20-26-92-28-30-94-32-33-95-31-29-93-27-24-71-57(83)40-79-58(84)16-17-59(79)85/h7-9,12-19,22-23,35-36,39,43,50-52,61H,6,10-11,20-21,24-34,37-38,40-42H2,1-5H3,(H2,69,80)(H,71,83)(H,72,88)(H,73,82)(H,74,81)(H,75,87)(H,76,89)(H,90,91)/t43-,50-,51-,52-,61-/m0/s1/i/hD. The number of carboxylic acid groups (broad SMARTS) is 1. The van der Waals surface area contributed by atoms with Crippen molar-refractivity contribution in [1.29, 1.82) is 0 Å². The number of hydrogen-bond donors (Lipinski definition) is 8. The maximum atomic E-state index is 15.6. The molecule has 30 heteroatoms. The van der Waals surface area contributed by atoms with Gasteiger partial charge in [0.2, 0.25) is 47.3 Å². The molecule has 27 nitrogen and oxygen atoms in total. The van der Waals surface area contributed by atoms with Gasteiger partial charge in [-0.05, 0) is 72.7 Å². The number of pyridine rings is 1. The van der Waals surface area contributed by atoms with Crippen molar-refractivity contribution in [3.8, 4) is 11.1 Å². The quantitative estimate of drug-likeness (QED) is 0.0233. The fraction of sp³-hybridized carbons (Fsp3) is 0.485. The Morgan fingerprint density at radius 1 is 0.740 bits per heavy atom. The average molecular weight is 1360 g/mol. The molecule has 2 aromatic carbocycles. The van der Waals surface area contributed by atoms with Crippen molar-refractivity contribution in [3.63, 3.8) is 0 Å². The van der Waals surface area contributed by atoms with Crippen LogP contribution in [0, 0.1) is 17.0 Å². The Bertz CT molecular complexity index is 3330. The van der Waals surface area contributed by atoms with Crippen LogP contribution in [0.3, 0.4) is 0 Å². The summed E-state index contributed by atoms with van der Waals surface area (Å²) in [5.41, 5.74) is 6.92. The third kappa shape index (κ3) is 27.0. The first-order chi connectivity index (χ1) is 46.3. The molecule has 0 unspecified atom stereocenters. The number of nitrogens with one attached hydrogen (secondary N) is 6. The number of nitrogens with two attached hydrogens (primary N) is 1. The summed E-state index contributed by atoms with van der Waals surface area (Å²) in [5.74, 6) is -10.2. The largest absolute Gasteiger partial charge is 0.480 e. The Morgan fingerprint density at radius 3 is 2.00 bits per heavy atom. The molecule has 0 saturated heterocycles. The lowest BCUT2D eigenvalue weighted by Crippen LogP contribution is -2.57. The van der Waals surface area contributed by atoms with Crippen molar-refractivity contribution >= 4 is 76.8 Å². The van der Waals surface area contributed by atoms with E-state index in [1.807, 2.05) is 55.7 Å². The van der Waals surface area contributed by atoms with Crippen LogP contribution < -0.4 is 37.6 Å². The van der Waals surface area contributed by atoms with Crippen LogP contribution in [-0.4, -0.2) is 204 Å². The van der Waals surface area contributed by atoms with Crippen molar-refractivity contribution in [1.82, 2.24) is 51.2 Å². The lowest BCUT2D eigenvalue weighted by Gasteiger charge is -2.41. The van der Waals surface area contributed by atoms with Gasteiger partial charge >= 0.3 is 5.97 Å². The molecule has 0 saturated carbocycles. The highest BCUT2D eigenvalue weighted by Crippen LogP contribution is 2.41. The summed E-state index contributed by atoms with van der Waals surface area (Å²) in [7, 11) is 0. The van der Waals surface area contributed by atoms with Gasteiger partial charge < -0.3 is 71.1 Å². The molecule has 0 radical (unpaired) electrons. The number of benzene rings is 2. The molecule has 4 aromatic rings. The first-order valence-corrected chi connectivity index (χ1v) is 32.5. The summed E-state index contributed by atoms with van der Waals surface area (Å²) < 4.78 is 62.4. The second kappa shape index (κ2) is 40.4. The summed E-state index contributed by atoms with van der Waals surface area (Å²) >= 11 is 0.938. The summed E-state index contributed by atoms with van der Waals surface area (Å²) in [6.07, 6.45) is 6.25. The van der Waals surface area contributed by atoms with Gasteiger partial charge in [0.05, 0.1) is 77.5 Å². The van der Waals surface area contributed by atoms with E-state index < -0.39 is 119 Å². The average Bonchev–Trinajstić information content (AvgIpc) is 1.64. The lowest BCUT2D eigenvalue weighted by molar-refractivity contribution is -0.141. The maximum absolute atomic E-state index is 15.6. The summed E-state index contributed by atoms with van der Waals surface area (Å²) in [6, 6.07) is 10.8. The predicted octanol–water partition coefficient (Wildman–Crippen LogP) is 2.49.